The van der Waals surface area contributed by atoms with E-state index in [1.165, 1.54) is 12.1 Å². The van der Waals surface area contributed by atoms with Crippen LogP contribution in [0.25, 0.3) is 5.69 Å². The lowest BCUT2D eigenvalue weighted by molar-refractivity contribution is -0.125. The van der Waals surface area contributed by atoms with Gasteiger partial charge in [0.1, 0.15) is 5.82 Å². The summed E-state index contributed by atoms with van der Waals surface area (Å²) < 4.78 is 15.2. The molecule has 0 radical (unpaired) electrons. The molecule has 0 spiro atoms. The number of piperidine rings is 1. The smallest absolute Gasteiger partial charge is 0.321 e. The Kier molecular flexibility index (Phi) is 4.97. The molecule has 1 saturated heterocycles. The van der Waals surface area contributed by atoms with Crippen LogP contribution in [-0.4, -0.2) is 46.8 Å². The number of hydrogen-bond acceptors (Lipinski definition) is 3. The highest BCUT2D eigenvalue weighted by Gasteiger charge is 2.28. The number of halogens is 1. The van der Waals surface area contributed by atoms with Crippen LogP contribution < -0.4 is 10.6 Å². The van der Waals surface area contributed by atoms with Crippen molar-refractivity contribution in [3.8, 4) is 5.69 Å². The van der Waals surface area contributed by atoms with Crippen LogP contribution in [0.15, 0.2) is 36.7 Å². The lowest BCUT2D eigenvalue weighted by Gasteiger charge is -2.32. The van der Waals surface area contributed by atoms with Crippen molar-refractivity contribution in [3.63, 3.8) is 0 Å². The zero-order valence-electron chi connectivity index (χ0n) is 13.9. The van der Waals surface area contributed by atoms with Gasteiger partial charge in [-0.2, -0.15) is 5.10 Å². The lowest BCUT2D eigenvalue weighted by Crippen LogP contribution is -2.46. The van der Waals surface area contributed by atoms with Crippen molar-refractivity contribution in [1.29, 1.82) is 0 Å². The summed E-state index contributed by atoms with van der Waals surface area (Å²) in [7, 11) is 1.59. The normalized spacial score (nSPS) is 17.2. The maximum absolute atomic E-state index is 13.6. The van der Waals surface area contributed by atoms with Gasteiger partial charge in [0.15, 0.2) is 0 Å². The third-order valence-corrected chi connectivity index (χ3v) is 4.28. The quantitative estimate of drug-likeness (QED) is 0.893. The molecule has 2 N–H and O–H groups in total. The molecule has 0 aliphatic carbocycles. The van der Waals surface area contributed by atoms with E-state index in [4.69, 9.17) is 0 Å². The molecule has 1 aromatic carbocycles. The Labute approximate surface area is 144 Å². The van der Waals surface area contributed by atoms with Gasteiger partial charge in [-0.15, -0.1) is 0 Å². The molecule has 1 aliphatic heterocycles. The molecule has 132 valence electrons. The van der Waals surface area contributed by atoms with Crippen LogP contribution >= 0.6 is 0 Å². The molecule has 0 unspecified atom stereocenters. The van der Waals surface area contributed by atoms with E-state index in [-0.39, 0.29) is 17.9 Å². The predicted octanol–water partition coefficient (Wildman–Crippen LogP) is 2.00. The van der Waals surface area contributed by atoms with E-state index in [2.05, 4.69) is 15.7 Å². The van der Waals surface area contributed by atoms with Crippen molar-refractivity contribution in [1.82, 2.24) is 20.0 Å². The van der Waals surface area contributed by atoms with Crippen molar-refractivity contribution in [2.24, 2.45) is 5.92 Å². The van der Waals surface area contributed by atoms with Gasteiger partial charge in [0, 0.05) is 32.5 Å². The molecule has 1 aliphatic rings. The van der Waals surface area contributed by atoms with Crippen molar-refractivity contribution in [2.75, 3.05) is 25.5 Å². The summed E-state index contributed by atoms with van der Waals surface area (Å²) in [6.07, 6.45) is 4.82. The van der Waals surface area contributed by atoms with E-state index in [1.807, 2.05) is 0 Å². The van der Waals surface area contributed by atoms with Crippen molar-refractivity contribution in [3.05, 3.63) is 42.5 Å². The molecule has 1 aromatic heterocycles. The molecule has 2 aromatic rings. The van der Waals surface area contributed by atoms with E-state index < -0.39 is 5.82 Å². The summed E-state index contributed by atoms with van der Waals surface area (Å²) in [6, 6.07) is 5.52. The number of anilines is 1. The van der Waals surface area contributed by atoms with Crippen molar-refractivity contribution in [2.45, 2.75) is 12.8 Å². The Morgan fingerprint density at radius 3 is 2.92 bits per heavy atom. The molecule has 1 fully saturated rings. The number of urea groups is 1. The average Bonchev–Trinajstić information content (AvgIpc) is 3.15. The van der Waals surface area contributed by atoms with Gasteiger partial charge in [0.25, 0.3) is 0 Å². The number of rotatable bonds is 3. The highest BCUT2D eigenvalue weighted by Crippen LogP contribution is 2.23. The first kappa shape index (κ1) is 16.9. The van der Waals surface area contributed by atoms with Crippen LogP contribution in [-0.2, 0) is 4.79 Å². The third-order valence-electron chi connectivity index (χ3n) is 4.28. The molecule has 7 nitrogen and oxygen atoms in total. The SMILES string of the molecule is CNC(=O)[C@H]1CCCN(C(=O)Nc2cc(F)ccc2-n2cccn2)C1. The van der Waals surface area contributed by atoms with E-state index in [9.17, 15) is 14.0 Å². The molecule has 0 saturated carbocycles. The fraction of sp³-hybridized carbons (Fsp3) is 0.353. The number of nitrogens with one attached hydrogen (secondary N) is 2. The van der Waals surface area contributed by atoms with Crippen LogP contribution in [0.2, 0.25) is 0 Å². The van der Waals surface area contributed by atoms with Crippen LogP contribution in [0.3, 0.4) is 0 Å². The zero-order chi connectivity index (χ0) is 17.8. The minimum absolute atomic E-state index is 0.0690. The van der Waals surface area contributed by atoms with Gasteiger partial charge in [-0.25, -0.2) is 13.9 Å². The van der Waals surface area contributed by atoms with Gasteiger partial charge >= 0.3 is 6.03 Å². The lowest BCUT2D eigenvalue weighted by atomic mass is 9.97. The maximum atomic E-state index is 13.6. The zero-order valence-corrected chi connectivity index (χ0v) is 13.9. The number of carbonyl (C=O) groups is 2. The summed E-state index contributed by atoms with van der Waals surface area (Å²) in [6.45, 7) is 0.906. The molecular weight excluding hydrogens is 325 g/mol. The van der Waals surface area contributed by atoms with Crippen molar-refractivity contribution >= 4 is 17.6 Å². The van der Waals surface area contributed by atoms with Gasteiger partial charge in [-0.05, 0) is 37.1 Å². The van der Waals surface area contributed by atoms with Gasteiger partial charge in [-0.1, -0.05) is 0 Å². The first-order valence-electron chi connectivity index (χ1n) is 8.15. The molecule has 8 heteroatoms. The second kappa shape index (κ2) is 7.33. The molecule has 25 heavy (non-hydrogen) atoms. The molecular formula is C17H20FN5O2. The van der Waals surface area contributed by atoms with Crippen molar-refractivity contribution < 1.29 is 14.0 Å². The minimum atomic E-state index is -0.451. The molecule has 0 bridgehead atoms. The topological polar surface area (TPSA) is 79.3 Å². The number of hydrogen-bond donors (Lipinski definition) is 2. The second-order valence-electron chi connectivity index (χ2n) is 5.94. The van der Waals surface area contributed by atoms with E-state index in [0.29, 0.717) is 24.5 Å². The van der Waals surface area contributed by atoms with Crippen LogP contribution in [0.5, 0.6) is 0 Å². The van der Waals surface area contributed by atoms with Gasteiger partial charge in [0.05, 0.1) is 17.3 Å². The van der Waals surface area contributed by atoms with Crippen LogP contribution in [0.4, 0.5) is 14.9 Å². The Morgan fingerprint density at radius 2 is 2.20 bits per heavy atom. The number of carbonyl (C=O) groups excluding carboxylic acids is 2. The number of likely N-dealkylation sites (tertiary alicyclic amines) is 1. The summed E-state index contributed by atoms with van der Waals surface area (Å²) >= 11 is 0. The summed E-state index contributed by atoms with van der Waals surface area (Å²) in [5.41, 5.74) is 0.898. The van der Waals surface area contributed by atoms with Crippen LogP contribution in [0.1, 0.15) is 12.8 Å². The summed E-state index contributed by atoms with van der Waals surface area (Å²) in [5, 5.41) is 9.48. The molecule has 2 heterocycles. The Balaban J connectivity index is 1.77. The van der Waals surface area contributed by atoms with E-state index >= 15 is 0 Å². The fourth-order valence-electron chi connectivity index (χ4n) is 2.99. The highest BCUT2D eigenvalue weighted by molar-refractivity contribution is 5.92. The monoisotopic (exact) mass is 345 g/mol. The van der Waals surface area contributed by atoms with Gasteiger partial charge in [0.2, 0.25) is 5.91 Å². The number of amides is 3. The summed E-state index contributed by atoms with van der Waals surface area (Å²) in [4.78, 5) is 26.0. The Hall–Kier alpha value is -2.90. The standard InChI is InChI=1S/C17H20FN5O2/c1-19-16(24)12-4-2-8-22(11-12)17(25)21-14-10-13(18)5-6-15(14)23-9-3-7-20-23/h3,5-7,9-10,12H,2,4,8,11H2,1H3,(H,19,24)(H,21,25)/t12-/m0/s1. The number of benzene rings is 1. The predicted molar refractivity (Wildman–Crippen MR) is 90.9 cm³/mol. The second-order valence-corrected chi connectivity index (χ2v) is 5.94. The molecule has 3 rings (SSSR count). The number of nitrogens with zero attached hydrogens (tertiary/aromatic N) is 3. The van der Waals surface area contributed by atoms with Crippen LogP contribution in [0, 0.1) is 11.7 Å². The summed E-state index contributed by atoms with van der Waals surface area (Å²) in [5.74, 6) is -0.740. The molecule has 1 atom stereocenters. The third kappa shape index (κ3) is 3.78. The largest absolute Gasteiger partial charge is 0.359 e. The Bertz CT molecular complexity index is 762. The number of aromatic nitrogens is 2. The van der Waals surface area contributed by atoms with E-state index in [0.717, 1.165) is 12.8 Å². The minimum Gasteiger partial charge on any atom is -0.359 e. The Morgan fingerprint density at radius 1 is 1.36 bits per heavy atom. The fourth-order valence-corrected chi connectivity index (χ4v) is 2.99. The van der Waals surface area contributed by atoms with Gasteiger partial charge < -0.3 is 15.5 Å². The maximum Gasteiger partial charge on any atom is 0.321 e. The molecule has 3 amide bonds. The van der Waals surface area contributed by atoms with E-state index in [1.54, 1.807) is 41.2 Å². The first-order chi connectivity index (χ1) is 12.1. The first-order valence-corrected chi connectivity index (χ1v) is 8.15. The highest BCUT2D eigenvalue weighted by atomic mass is 19.1. The average molecular weight is 345 g/mol. The van der Waals surface area contributed by atoms with Gasteiger partial charge in [-0.3, -0.25) is 4.79 Å².